The number of hydrogen-bond acceptors (Lipinski definition) is 4. The number of hydrogen-bond donors (Lipinski definition) is 2. The van der Waals surface area contributed by atoms with Crippen molar-refractivity contribution in [3.05, 3.63) is 66.5 Å². The second-order valence-corrected chi connectivity index (χ2v) is 5.28. The van der Waals surface area contributed by atoms with Crippen LogP contribution < -0.4 is 10.7 Å². The number of pyridine rings is 2. The predicted octanol–water partition coefficient (Wildman–Crippen LogP) is 3.34. The van der Waals surface area contributed by atoms with Crippen molar-refractivity contribution >= 4 is 39.8 Å². The average molecular weight is 321 g/mol. The van der Waals surface area contributed by atoms with E-state index in [9.17, 15) is 0 Å². The zero-order valence-electron chi connectivity index (χ0n) is 12.5. The molecule has 3 aromatic rings. The molecule has 0 unspecified atom stereocenters. The Kier molecular flexibility index (Phi) is 4.54. The predicted molar refractivity (Wildman–Crippen MR) is 97.5 cm³/mol. The Labute approximate surface area is 139 Å². The minimum atomic E-state index is 0.379. The molecule has 0 bridgehead atoms. The van der Waals surface area contributed by atoms with Crippen molar-refractivity contribution in [1.82, 2.24) is 15.4 Å². The molecule has 114 valence electrons. The van der Waals surface area contributed by atoms with Crippen LogP contribution in [-0.4, -0.2) is 20.8 Å². The molecule has 0 amide bonds. The summed E-state index contributed by atoms with van der Waals surface area (Å²) in [6.07, 6.45) is 1.69. The van der Waals surface area contributed by atoms with Crippen LogP contribution >= 0.6 is 12.2 Å². The first kappa shape index (κ1) is 15.1. The zero-order valence-corrected chi connectivity index (χ0v) is 13.3. The lowest BCUT2D eigenvalue weighted by atomic mass is 10.2. The molecular weight excluding hydrogens is 306 g/mol. The summed E-state index contributed by atoms with van der Waals surface area (Å²) >= 11 is 5.19. The van der Waals surface area contributed by atoms with Gasteiger partial charge in [-0.25, -0.2) is 9.97 Å². The molecule has 6 heteroatoms. The smallest absolute Gasteiger partial charge is 0.192 e. The summed E-state index contributed by atoms with van der Waals surface area (Å²) in [6.45, 7) is 1.88. The van der Waals surface area contributed by atoms with Gasteiger partial charge in [-0.05, 0) is 43.4 Å². The molecular formula is C17H15N5S. The summed E-state index contributed by atoms with van der Waals surface area (Å²) in [5.41, 5.74) is 5.30. The molecule has 0 aliphatic carbocycles. The van der Waals surface area contributed by atoms with Crippen molar-refractivity contribution in [2.24, 2.45) is 5.10 Å². The van der Waals surface area contributed by atoms with Crippen LogP contribution in [0.25, 0.3) is 10.9 Å². The van der Waals surface area contributed by atoms with Crippen LogP contribution in [0.3, 0.4) is 0 Å². The SMILES string of the molecule is CC(=NNC(=S)Nc1ccccn1)c1ccc2ccccc2n1. The summed E-state index contributed by atoms with van der Waals surface area (Å²) in [4.78, 5) is 8.73. The fraction of sp³-hybridized carbons (Fsp3) is 0.0588. The third-order valence-corrected chi connectivity index (χ3v) is 3.39. The van der Waals surface area contributed by atoms with Crippen LogP contribution in [0.4, 0.5) is 5.82 Å². The number of rotatable bonds is 3. The maximum atomic E-state index is 5.19. The molecule has 0 spiro atoms. The van der Waals surface area contributed by atoms with Gasteiger partial charge in [-0.1, -0.05) is 30.3 Å². The van der Waals surface area contributed by atoms with Crippen LogP contribution in [0.5, 0.6) is 0 Å². The van der Waals surface area contributed by atoms with Gasteiger partial charge in [-0.2, -0.15) is 5.10 Å². The van der Waals surface area contributed by atoms with Crippen molar-refractivity contribution in [3.8, 4) is 0 Å². The minimum absolute atomic E-state index is 0.379. The first-order valence-corrected chi connectivity index (χ1v) is 7.52. The molecule has 0 atom stereocenters. The van der Waals surface area contributed by atoms with Gasteiger partial charge in [-0.3, -0.25) is 5.43 Å². The summed E-state index contributed by atoms with van der Waals surface area (Å²) in [7, 11) is 0. The Bertz CT molecular complexity index is 861. The van der Waals surface area contributed by atoms with E-state index >= 15 is 0 Å². The standard InChI is InChI=1S/C17H15N5S/c1-12(14-10-9-13-6-2-3-7-15(13)19-14)21-22-17(23)20-16-8-4-5-11-18-16/h2-11H,1H3,(H2,18,20,22,23). The van der Waals surface area contributed by atoms with Gasteiger partial charge in [0.2, 0.25) is 0 Å². The van der Waals surface area contributed by atoms with Crippen molar-refractivity contribution in [1.29, 1.82) is 0 Å². The van der Waals surface area contributed by atoms with Gasteiger partial charge in [0.15, 0.2) is 5.11 Å². The lowest BCUT2D eigenvalue weighted by Crippen LogP contribution is -2.25. The van der Waals surface area contributed by atoms with E-state index in [1.54, 1.807) is 6.20 Å². The van der Waals surface area contributed by atoms with E-state index in [-0.39, 0.29) is 0 Å². The zero-order chi connectivity index (χ0) is 16.1. The molecule has 23 heavy (non-hydrogen) atoms. The van der Waals surface area contributed by atoms with Gasteiger partial charge in [0, 0.05) is 11.6 Å². The van der Waals surface area contributed by atoms with Gasteiger partial charge in [0.1, 0.15) is 5.82 Å². The van der Waals surface area contributed by atoms with Gasteiger partial charge >= 0.3 is 0 Å². The highest BCUT2D eigenvalue weighted by molar-refractivity contribution is 7.80. The molecule has 0 fully saturated rings. The van der Waals surface area contributed by atoms with Crippen molar-refractivity contribution in [2.45, 2.75) is 6.92 Å². The van der Waals surface area contributed by atoms with E-state index in [0.717, 1.165) is 22.3 Å². The number of hydrazone groups is 1. The molecule has 0 aliphatic heterocycles. The third kappa shape index (κ3) is 3.87. The normalized spacial score (nSPS) is 11.3. The van der Waals surface area contributed by atoms with Crippen LogP contribution in [0.15, 0.2) is 65.9 Å². The molecule has 2 heterocycles. The van der Waals surface area contributed by atoms with Crippen LogP contribution in [-0.2, 0) is 0 Å². The Balaban J connectivity index is 1.69. The largest absolute Gasteiger partial charge is 0.316 e. The second kappa shape index (κ2) is 6.93. The van der Waals surface area contributed by atoms with Gasteiger partial charge in [-0.15, -0.1) is 0 Å². The minimum Gasteiger partial charge on any atom is -0.316 e. The monoisotopic (exact) mass is 321 g/mol. The van der Waals surface area contributed by atoms with Crippen molar-refractivity contribution < 1.29 is 0 Å². The number of benzene rings is 1. The van der Waals surface area contributed by atoms with E-state index in [0.29, 0.717) is 10.9 Å². The summed E-state index contributed by atoms with van der Waals surface area (Å²) in [5, 5.41) is 8.71. The van der Waals surface area contributed by atoms with Crippen LogP contribution in [0.1, 0.15) is 12.6 Å². The average Bonchev–Trinajstić information content (AvgIpc) is 2.60. The lowest BCUT2D eigenvalue weighted by molar-refractivity contribution is 1.03. The first-order chi connectivity index (χ1) is 11.2. The fourth-order valence-corrected chi connectivity index (χ4v) is 2.19. The number of para-hydroxylation sites is 1. The molecule has 3 rings (SSSR count). The molecule has 1 aromatic carbocycles. The topological polar surface area (TPSA) is 62.2 Å². The molecule has 0 saturated carbocycles. The van der Waals surface area contributed by atoms with E-state index in [4.69, 9.17) is 12.2 Å². The summed E-state index contributed by atoms with van der Waals surface area (Å²) < 4.78 is 0. The fourth-order valence-electron chi connectivity index (χ4n) is 2.04. The number of fused-ring (bicyclic) bond motifs is 1. The number of thiocarbonyl (C=S) groups is 1. The van der Waals surface area contributed by atoms with E-state index < -0.39 is 0 Å². The molecule has 2 aromatic heterocycles. The molecule has 2 N–H and O–H groups in total. The second-order valence-electron chi connectivity index (χ2n) is 4.87. The maximum absolute atomic E-state index is 5.19. The van der Waals surface area contributed by atoms with Crippen molar-refractivity contribution in [3.63, 3.8) is 0 Å². The van der Waals surface area contributed by atoms with Crippen LogP contribution in [0.2, 0.25) is 0 Å². The maximum Gasteiger partial charge on any atom is 0.192 e. The van der Waals surface area contributed by atoms with Gasteiger partial charge < -0.3 is 5.32 Å². The Morgan fingerprint density at radius 1 is 1.04 bits per heavy atom. The van der Waals surface area contributed by atoms with E-state index in [1.165, 1.54) is 0 Å². The Morgan fingerprint density at radius 2 is 1.87 bits per heavy atom. The number of anilines is 1. The molecule has 0 radical (unpaired) electrons. The number of nitrogens with zero attached hydrogens (tertiary/aromatic N) is 3. The number of aromatic nitrogens is 2. The third-order valence-electron chi connectivity index (χ3n) is 3.20. The molecule has 0 aliphatic rings. The molecule has 5 nitrogen and oxygen atoms in total. The highest BCUT2D eigenvalue weighted by Gasteiger charge is 2.02. The summed E-state index contributed by atoms with van der Waals surface area (Å²) in [6, 6.07) is 17.5. The van der Waals surface area contributed by atoms with Crippen LogP contribution in [0, 0.1) is 0 Å². The first-order valence-electron chi connectivity index (χ1n) is 7.11. The Hall–Kier alpha value is -2.86. The highest BCUT2D eigenvalue weighted by atomic mass is 32.1. The Morgan fingerprint density at radius 3 is 2.70 bits per heavy atom. The number of nitrogens with one attached hydrogen (secondary N) is 2. The molecule has 0 saturated heterocycles. The van der Waals surface area contributed by atoms with E-state index in [2.05, 4.69) is 25.8 Å². The van der Waals surface area contributed by atoms with E-state index in [1.807, 2.05) is 61.5 Å². The van der Waals surface area contributed by atoms with Gasteiger partial charge in [0.25, 0.3) is 0 Å². The lowest BCUT2D eigenvalue weighted by Gasteiger charge is -2.07. The summed E-state index contributed by atoms with van der Waals surface area (Å²) in [5.74, 6) is 0.668. The van der Waals surface area contributed by atoms with Gasteiger partial charge in [0.05, 0.1) is 16.9 Å². The van der Waals surface area contributed by atoms with Crippen molar-refractivity contribution in [2.75, 3.05) is 5.32 Å². The highest BCUT2D eigenvalue weighted by Crippen LogP contribution is 2.12. The quantitative estimate of drug-likeness (QED) is 0.440.